The topological polar surface area (TPSA) is 117 Å². The number of nitrogens with zero attached hydrogens (tertiary/aromatic N) is 4. The summed E-state index contributed by atoms with van der Waals surface area (Å²) >= 11 is 6.48. The Morgan fingerprint density at radius 3 is 2.76 bits per heavy atom. The van der Waals surface area contributed by atoms with E-state index in [-0.39, 0.29) is 28.7 Å². The van der Waals surface area contributed by atoms with Gasteiger partial charge in [-0.15, -0.1) is 0 Å². The Balaban J connectivity index is 1.18. The molecule has 4 heterocycles. The van der Waals surface area contributed by atoms with Gasteiger partial charge in [-0.3, -0.25) is 9.69 Å². The van der Waals surface area contributed by atoms with Gasteiger partial charge in [-0.25, -0.2) is 18.1 Å². The second-order valence-corrected chi connectivity index (χ2v) is 18.6. The number of rotatable bonds is 2. The fourth-order valence-electron chi connectivity index (χ4n) is 9.71. The van der Waals surface area contributed by atoms with Gasteiger partial charge in [0.1, 0.15) is 11.6 Å². The zero-order valence-corrected chi connectivity index (χ0v) is 31.3. The van der Waals surface area contributed by atoms with Gasteiger partial charge in [-0.2, -0.15) is 0 Å². The van der Waals surface area contributed by atoms with Crippen LogP contribution >= 0.6 is 11.6 Å². The molecule has 1 fully saturated rings. The molecule has 1 aromatic heterocycles. The third kappa shape index (κ3) is 6.57. The summed E-state index contributed by atoms with van der Waals surface area (Å²) in [5.74, 6) is 1.20. The summed E-state index contributed by atoms with van der Waals surface area (Å²) < 4.78 is 38.3. The van der Waals surface area contributed by atoms with Crippen molar-refractivity contribution in [2.45, 2.75) is 94.6 Å². The lowest BCUT2D eigenvalue weighted by Crippen LogP contribution is -2.57. The number of fused-ring (bicyclic) bond motifs is 5. The molecule has 3 aromatic rings. The van der Waals surface area contributed by atoms with Crippen LogP contribution in [0.1, 0.15) is 86.1 Å². The molecule has 6 atom stereocenters. The van der Waals surface area contributed by atoms with Crippen molar-refractivity contribution < 1.29 is 23.1 Å². The highest BCUT2D eigenvalue weighted by Gasteiger charge is 2.49. The van der Waals surface area contributed by atoms with Gasteiger partial charge in [-0.05, 0) is 111 Å². The fraction of sp³-hybridized carbons (Fsp3) is 0.590. The number of hydrogen-bond acceptors (Lipinski definition) is 8. The average Bonchev–Trinajstić information content (AvgIpc) is 3.49. The van der Waals surface area contributed by atoms with Crippen LogP contribution in [0.2, 0.25) is 5.02 Å². The van der Waals surface area contributed by atoms with Gasteiger partial charge >= 0.3 is 0 Å². The predicted molar refractivity (Wildman–Crippen MR) is 198 cm³/mol. The molecule has 10 nitrogen and oxygen atoms in total. The number of carbonyl (C=O) groups excluding carboxylic acids is 1. The summed E-state index contributed by atoms with van der Waals surface area (Å²) in [6.45, 7) is 8.43. The zero-order chi connectivity index (χ0) is 35.5. The van der Waals surface area contributed by atoms with E-state index in [0.717, 1.165) is 61.7 Å². The van der Waals surface area contributed by atoms with Crippen LogP contribution in [0.5, 0.6) is 5.75 Å². The summed E-state index contributed by atoms with van der Waals surface area (Å²) in [5.41, 5.74) is 2.36. The lowest BCUT2D eigenvalue weighted by Gasteiger charge is -2.51. The van der Waals surface area contributed by atoms with Gasteiger partial charge in [0.25, 0.3) is 5.91 Å². The molecule has 2 aliphatic carbocycles. The van der Waals surface area contributed by atoms with E-state index in [0.29, 0.717) is 57.8 Å². The second-order valence-electron chi connectivity index (χ2n) is 16.1. The number of nitrogens with one attached hydrogen (secondary N) is 1. The molecule has 12 heteroatoms. The van der Waals surface area contributed by atoms with E-state index in [1.165, 1.54) is 11.1 Å². The molecular formula is C39H50ClN5O5S. The first kappa shape index (κ1) is 34.9. The Morgan fingerprint density at radius 2 is 1.94 bits per heavy atom. The Labute approximate surface area is 306 Å². The van der Waals surface area contributed by atoms with E-state index in [1.54, 1.807) is 19.1 Å². The van der Waals surface area contributed by atoms with Crippen molar-refractivity contribution in [3.63, 3.8) is 0 Å². The van der Waals surface area contributed by atoms with Crippen LogP contribution < -0.4 is 14.4 Å². The number of amides is 1. The van der Waals surface area contributed by atoms with Crippen molar-refractivity contribution in [2.75, 3.05) is 37.7 Å². The highest BCUT2D eigenvalue weighted by atomic mass is 35.5. The largest absolute Gasteiger partial charge is 0.490 e. The molecule has 2 aromatic carbocycles. The van der Waals surface area contributed by atoms with Crippen LogP contribution in [-0.2, 0) is 34.9 Å². The second kappa shape index (κ2) is 13.4. The molecule has 2 N–H and O–H groups in total. The molecular weight excluding hydrogens is 686 g/mol. The Kier molecular flexibility index (Phi) is 9.17. The maximum Gasteiger partial charge on any atom is 0.264 e. The van der Waals surface area contributed by atoms with Crippen LogP contribution in [0.25, 0.3) is 0 Å². The Hall–Kier alpha value is -3.12. The third-order valence-electron chi connectivity index (χ3n) is 13.0. The van der Waals surface area contributed by atoms with E-state index in [4.69, 9.17) is 16.3 Å². The van der Waals surface area contributed by atoms with Crippen LogP contribution in [0, 0.1) is 17.8 Å². The number of sulfonamides is 1. The molecule has 0 radical (unpaired) electrons. The molecule has 3 aliphatic heterocycles. The lowest BCUT2D eigenvalue weighted by molar-refractivity contribution is -0.108. The number of imidazole rings is 1. The maximum atomic E-state index is 13.6. The van der Waals surface area contributed by atoms with Gasteiger partial charge in [0, 0.05) is 61.1 Å². The summed E-state index contributed by atoms with van der Waals surface area (Å²) in [4.78, 5) is 22.9. The first-order valence-corrected chi connectivity index (χ1v) is 20.7. The van der Waals surface area contributed by atoms with E-state index in [1.807, 2.05) is 31.5 Å². The highest BCUT2D eigenvalue weighted by Crippen LogP contribution is 2.49. The fourth-order valence-corrected chi connectivity index (χ4v) is 11.2. The minimum absolute atomic E-state index is 0.0797. The molecule has 51 heavy (non-hydrogen) atoms. The molecule has 1 saturated carbocycles. The van der Waals surface area contributed by atoms with E-state index in [9.17, 15) is 18.3 Å². The van der Waals surface area contributed by atoms with Gasteiger partial charge in [0.15, 0.2) is 0 Å². The average molecular weight is 736 g/mol. The molecule has 274 valence electrons. The molecule has 1 amide bonds. The van der Waals surface area contributed by atoms with Crippen molar-refractivity contribution in [3.05, 3.63) is 76.3 Å². The number of carbonyl (C=O) groups is 1. The van der Waals surface area contributed by atoms with E-state index < -0.39 is 26.8 Å². The normalized spacial score (nSPS) is 32.4. The number of aliphatic hydroxyl groups is 1. The number of benzene rings is 2. The summed E-state index contributed by atoms with van der Waals surface area (Å²) in [6, 6.07) is 11.5. The SMILES string of the molecule is C[C@@H]1[C@@H](C)CCC[C@](O)(CN2CCn3ccnc3C2)[C@@H]2CC[C@H]2CN2C[C@@]3(CCCc4cc(Cl)ccc43)COc3ccc(cc32)C(=O)NS1(=O)=O. The van der Waals surface area contributed by atoms with Crippen molar-refractivity contribution in [1.29, 1.82) is 0 Å². The molecule has 0 saturated heterocycles. The zero-order valence-electron chi connectivity index (χ0n) is 29.7. The number of aromatic nitrogens is 2. The summed E-state index contributed by atoms with van der Waals surface area (Å²) in [7, 11) is -3.95. The molecule has 1 spiro atoms. The third-order valence-corrected chi connectivity index (χ3v) is 15.1. The van der Waals surface area contributed by atoms with E-state index in [2.05, 4.69) is 36.2 Å². The number of aryl methyl sites for hydroxylation is 1. The Morgan fingerprint density at radius 1 is 1.08 bits per heavy atom. The first-order valence-electron chi connectivity index (χ1n) is 18.7. The van der Waals surface area contributed by atoms with Crippen LogP contribution in [-0.4, -0.2) is 77.5 Å². The number of halogens is 1. The minimum atomic E-state index is -3.95. The quantitative estimate of drug-likeness (QED) is 0.352. The number of ether oxygens (including phenoxy) is 1. The molecule has 5 aliphatic rings. The molecule has 2 bridgehead atoms. The van der Waals surface area contributed by atoms with Gasteiger partial charge < -0.3 is 19.3 Å². The smallest absolute Gasteiger partial charge is 0.264 e. The van der Waals surface area contributed by atoms with Crippen molar-refractivity contribution in [2.24, 2.45) is 17.8 Å². The van der Waals surface area contributed by atoms with Gasteiger partial charge in [-0.1, -0.05) is 31.0 Å². The molecule has 8 rings (SSSR count). The van der Waals surface area contributed by atoms with Gasteiger partial charge in [0.05, 0.1) is 29.7 Å². The number of hydrogen-bond donors (Lipinski definition) is 2. The summed E-state index contributed by atoms with van der Waals surface area (Å²) in [6.07, 6.45) is 10.7. The minimum Gasteiger partial charge on any atom is -0.490 e. The number of β-amino-alcohol motifs (C(OH)–C–C–N with tert-alkyl or cyclic N) is 1. The summed E-state index contributed by atoms with van der Waals surface area (Å²) in [5, 5.41) is 12.8. The Bertz CT molecular complexity index is 1920. The van der Waals surface area contributed by atoms with E-state index >= 15 is 0 Å². The number of anilines is 1. The van der Waals surface area contributed by atoms with Gasteiger partial charge in [0.2, 0.25) is 10.0 Å². The van der Waals surface area contributed by atoms with Crippen molar-refractivity contribution >= 4 is 33.2 Å². The highest BCUT2D eigenvalue weighted by molar-refractivity contribution is 7.90. The van der Waals surface area contributed by atoms with Crippen LogP contribution in [0.15, 0.2) is 48.8 Å². The monoisotopic (exact) mass is 735 g/mol. The van der Waals surface area contributed by atoms with Crippen molar-refractivity contribution in [3.8, 4) is 5.75 Å². The van der Waals surface area contributed by atoms with Crippen LogP contribution in [0.4, 0.5) is 5.69 Å². The van der Waals surface area contributed by atoms with Crippen molar-refractivity contribution in [1.82, 2.24) is 19.2 Å². The lowest BCUT2D eigenvalue weighted by atomic mass is 9.62. The molecule has 0 unspecified atom stereocenters. The van der Waals surface area contributed by atoms with Crippen LogP contribution in [0.3, 0.4) is 0 Å². The standard InChI is InChI=1S/C39H50ClN5O5S/c1-26-5-3-14-39(47,24-43-17-18-44-16-15-41-36(44)22-43)33-10-7-30(33)21-45-23-38(13-4-6-28-19-31(40)9-11-32(28)38)25-50-35-12-8-29(20-34(35)45)37(46)42-51(48,49)27(26)2/h8-9,11-12,15-16,19-20,26-27,30,33,47H,3-7,10,13-14,17-18,21-25H2,1-2H3,(H,42,46)/t26-,27+,30-,33+,38-,39-/m0/s1. The predicted octanol–water partition coefficient (Wildman–Crippen LogP) is 5.55. The first-order chi connectivity index (χ1) is 24.4. The maximum absolute atomic E-state index is 13.6.